The molecule has 6 heteroatoms. The van der Waals surface area contributed by atoms with Crippen LogP contribution in [0.5, 0.6) is 5.75 Å². The standard InChI is InChI=1S/C19H19N3O2S/c1-24-17-6-4-14(5-7-17)11-18(23)21-10-8-16-13-25-19(22-16)15-3-2-9-20-12-15/h2-7,9,12-13H,8,10-11H2,1H3,(H,21,23). The SMILES string of the molecule is COc1ccc(CC(=O)NCCc2csc(-c3cccnc3)n2)cc1. The van der Waals surface area contributed by atoms with E-state index in [1.165, 1.54) is 0 Å². The summed E-state index contributed by atoms with van der Waals surface area (Å²) >= 11 is 1.59. The van der Waals surface area contributed by atoms with Gasteiger partial charge in [-0.3, -0.25) is 9.78 Å². The third-order valence-corrected chi connectivity index (χ3v) is 4.63. The van der Waals surface area contributed by atoms with Gasteiger partial charge in [0.25, 0.3) is 0 Å². The minimum atomic E-state index is 0.00730. The molecule has 0 unspecified atom stereocenters. The van der Waals surface area contributed by atoms with Crippen molar-refractivity contribution in [2.24, 2.45) is 0 Å². The lowest BCUT2D eigenvalue weighted by Crippen LogP contribution is -2.27. The van der Waals surface area contributed by atoms with E-state index in [1.54, 1.807) is 30.8 Å². The van der Waals surface area contributed by atoms with E-state index in [4.69, 9.17) is 4.74 Å². The number of hydrogen-bond donors (Lipinski definition) is 1. The zero-order valence-corrected chi connectivity index (χ0v) is 14.8. The molecule has 25 heavy (non-hydrogen) atoms. The van der Waals surface area contributed by atoms with Crippen molar-refractivity contribution in [1.29, 1.82) is 0 Å². The molecule has 3 aromatic rings. The molecule has 0 aliphatic carbocycles. The molecular formula is C19H19N3O2S. The normalized spacial score (nSPS) is 10.4. The Morgan fingerprint density at radius 1 is 1.24 bits per heavy atom. The minimum Gasteiger partial charge on any atom is -0.497 e. The second-order valence-corrected chi connectivity index (χ2v) is 6.37. The first-order valence-electron chi connectivity index (χ1n) is 7.99. The van der Waals surface area contributed by atoms with Gasteiger partial charge in [-0.05, 0) is 29.8 Å². The van der Waals surface area contributed by atoms with Gasteiger partial charge >= 0.3 is 0 Å². The average molecular weight is 353 g/mol. The van der Waals surface area contributed by atoms with Crippen molar-refractivity contribution in [2.75, 3.05) is 13.7 Å². The summed E-state index contributed by atoms with van der Waals surface area (Å²) in [6, 6.07) is 11.4. The molecule has 0 fully saturated rings. The summed E-state index contributed by atoms with van der Waals surface area (Å²) in [6.07, 6.45) is 4.63. The first-order chi connectivity index (χ1) is 12.2. The highest BCUT2D eigenvalue weighted by Crippen LogP contribution is 2.22. The number of thiazole rings is 1. The highest BCUT2D eigenvalue weighted by Gasteiger charge is 2.07. The molecule has 2 aromatic heterocycles. The van der Waals surface area contributed by atoms with E-state index in [-0.39, 0.29) is 5.91 Å². The predicted molar refractivity (Wildman–Crippen MR) is 98.8 cm³/mol. The number of aromatic nitrogens is 2. The van der Waals surface area contributed by atoms with Crippen LogP contribution in [-0.4, -0.2) is 29.5 Å². The van der Waals surface area contributed by atoms with Crippen LogP contribution in [0.15, 0.2) is 54.2 Å². The number of ether oxygens (including phenoxy) is 1. The van der Waals surface area contributed by atoms with Gasteiger partial charge in [-0.1, -0.05) is 12.1 Å². The Morgan fingerprint density at radius 2 is 2.08 bits per heavy atom. The average Bonchev–Trinajstić information content (AvgIpc) is 3.12. The Hall–Kier alpha value is -2.73. The zero-order valence-electron chi connectivity index (χ0n) is 13.9. The van der Waals surface area contributed by atoms with Gasteiger partial charge in [-0.2, -0.15) is 0 Å². The molecule has 1 N–H and O–H groups in total. The van der Waals surface area contributed by atoms with Gasteiger partial charge in [0.15, 0.2) is 0 Å². The van der Waals surface area contributed by atoms with E-state index in [2.05, 4.69) is 15.3 Å². The van der Waals surface area contributed by atoms with E-state index in [0.29, 0.717) is 19.4 Å². The molecule has 128 valence electrons. The minimum absolute atomic E-state index is 0.00730. The Balaban J connectivity index is 1.46. The number of benzene rings is 1. The summed E-state index contributed by atoms with van der Waals surface area (Å²) in [6.45, 7) is 0.575. The maximum atomic E-state index is 12.0. The van der Waals surface area contributed by atoms with Crippen molar-refractivity contribution in [3.8, 4) is 16.3 Å². The van der Waals surface area contributed by atoms with E-state index in [1.807, 2.05) is 41.8 Å². The lowest BCUT2D eigenvalue weighted by molar-refractivity contribution is -0.120. The molecule has 0 atom stereocenters. The lowest BCUT2D eigenvalue weighted by atomic mass is 10.1. The van der Waals surface area contributed by atoms with Gasteiger partial charge in [0.1, 0.15) is 10.8 Å². The second-order valence-electron chi connectivity index (χ2n) is 5.51. The van der Waals surface area contributed by atoms with E-state index in [0.717, 1.165) is 27.6 Å². The molecule has 0 radical (unpaired) electrons. The monoisotopic (exact) mass is 353 g/mol. The fourth-order valence-electron chi connectivity index (χ4n) is 2.36. The number of nitrogens with zero attached hydrogens (tertiary/aromatic N) is 2. The summed E-state index contributed by atoms with van der Waals surface area (Å²) in [5.41, 5.74) is 2.96. The van der Waals surface area contributed by atoms with E-state index < -0.39 is 0 Å². The van der Waals surface area contributed by atoms with Crippen LogP contribution in [0.2, 0.25) is 0 Å². The van der Waals surface area contributed by atoms with E-state index in [9.17, 15) is 4.79 Å². The fourth-order valence-corrected chi connectivity index (χ4v) is 3.21. The van der Waals surface area contributed by atoms with Crippen LogP contribution in [0.4, 0.5) is 0 Å². The lowest BCUT2D eigenvalue weighted by Gasteiger charge is -2.05. The van der Waals surface area contributed by atoms with Gasteiger partial charge in [-0.15, -0.1) is 11.3 Å². The molecule has 0 bridgehead atoms. The number of rotatable bonds is 7. The van der Waals surface area contributed by atoms with Crippen LogP contribution in [0, 0.1) is 0 Å². The Kier molecular flexibility index (Phi) is 5.74. The summed E-state index contributed by atoms with van der Waals surface area (Å²) in [5.74, 6) is 0.796. The Bertz CT molecular complexity index is 816. The number of pyridine rings is 1. The largest absolute Gasteiger partial charge is 0.497 e. The van der Waals surface area contributed by atoms with Crippen LogP contribution in [0.25, 0.3) is 10.6 Å². The molecular weight excluding hydrogens is 334 g/mol. The second kappa shape index (κ2) is 8.39. The van der Waals surface area contributed by atoms with Crippen molar-refractivity contribution in [1.82, 2.24) is 15.3 Å². The molecule has 0 spiro atoms. The van der Waals surface area contributed by atoms with Crippen LogP contribution >= 0.6 is 11.3 Å². The first-order valence-corrected chi connectivity index (χ1v) is 8.87. The number of amides is 1. The summed E-state index contributed by atoms with van der Waals surface area (Å²) in [4.78, 5) is 20.7. The van der Waals surface area contributed by atoms with Crippen molar-refractivity contribution in [3.63, 3.8) is 0 Å². The highest BCUT2D eigenvalue weighted by atomic mass is 32.1. The summed E-state index contributed by atoms with van der Waals surface area (Å²) in [5, 5.41) is 5.92. The maximum Gasteiger partial charge on any atom is 0.224 e. The van der Waals surface area contributed by atoms with Gasteiger partial charge in [0.2, 0.25) is 5.91 Å². The summed E-state index contributed by atoms with van der Waals surface area (Å²) in [7, 11) is 1.62. The van der Waals surface area contributed by atoms with Crippen molar-refractivity contribution in [3.05, 3.63) is 65.4 Å². The van der Waals surface area contributed by atoms with Crippen molar-refractivity contribution < 1.29 is 9.53 Å². The van der Waals surface area contributed by atoms with E-state index >= 15 is 0 Å². The molecule has 0 aliphatic heterocycles. The molecule has 5 nitrogen and oxygen atoms in total. The fraction of sp³-hybridized carbons (Fsp3) is 0.211. The van der Waals surface area contributed by atoms with Crippen molar-refractivity contribution >= 4 is 17.2 Å². The first kappa shape index (κ1) is 17.1. The third-order valence-electron chi connectivity index (χ3n) is 3.69. The number of carbonyl (C=O) groups is 1. The molecule has 1 aromatic carbocycles. The third kappa shape index (κ3) is 4.87. The van der Waals surface area contributed by atoms with Crippen LogP contribution < -0.4 is 10.1 Å². The highest BCUT2D eigenvalue weighted by molar-refractivity contribution is 7.13. The van der Waals surface area contributed by atoms with Crippen LogP contribution in [0.1, 0.15) is 11.3 Å². The predicted octanol–water partition coefficient (Wildman–Crippen LogP) is 3.12. The number of carbonyl (C=O) groups excluding carboxylic acids is 1. The van der Waals surface area contributed by atoms with Gasteiger partial charge < -0.3 is 10.1 Å². The smallest absolute Gasteiger partial charge is 0.224 e. The van der Waals surface area contributed by atoms with Gasteiger partial charge in [-0.25, -0.2) is 4.98 Å². The van der Waals surface area contributed by atoms with Gasteiger partial charge in [0, 0.05) is 36.3 Å². The topological polar surface area (TPSA) is 64.1 Å². The van der Waals surface area contributed by atoms with Crippen LogP contribution in [0.3, 0.4) is 0 Å². The quantitative estimate of drug-likeness (QED) is 0.709. The van der Waals surface area contributed by atoms with Gasteiger partial charge in [0.05, 0.1) is 19.2 Å². The van der Waals surface area contributed by atoms with Crippen LogP contribution in [-0.2, 0) is 17.6 Å². The molecule has 1 amide bonds. The van der Waals surface area contributed by atoms with Crippen molar-refractivity contribution in [2.45, 2.75) is 12.8 Å². The Labute approximate surface area is 150 Å². The molecule has 2 heterocycles. The molecule has 3 rings (SSSR count). The number of hydrogen-bond acceptors (Lipinski definition) is 5. The summed E-state index contributed by atoms with van der Waals surface area (Å²) < 4.78 is 5.11. The number of methoxy groups -OCH3 is 1. The maximum absolute atomic E-state index is 12.0. The molecule has 0 saturated carbocycles. The zero-order chi connectivity index (χ0) is 17.5. The molecule has 0 aliphatic rings. The number of nitrogens with one attached hydrogen (secondary N) is 1. The Morgan fingerprint density at radius 3 is 2.80 bits per heavy atom. The molecule has 0 saturated heterocycles.